The number of hydrogen-bond donors (Lipinski definition) is 1. The lowest BCUT2D eigenvalue weighted by molar-refractivity contribution is -0.631. The van der Waals surface area contributed by atoms with Crippen molar-refractivity contribution in [3.05, 3.63) is 0 Å². The highest BCUT2D eigenvalue weighted by Crippen LogP contribution is 2.41. The fourth-order valence-electron chi connectivity index (χ4n) is 1.19. The van der Waals surface area contributed by atoms with E-state index in [4.69, 9.17) is 0 Å². The van der Waals surface area contributed by atoms with Crippen LogP contribution >= 0.6 is 0 Å². The highest BCUT2D eigenvalue weighted by atomic mass is 32.3. The molecule has 0 aliphatic rings. The van der Waals surface area contributed by atoms with Gasteiger partial charge in [-0.05, 0) is 0 Å². The molecule has 0 fully saturated rings. The van der Waals surface area contributed by atoms with Gasteiger partial charge < -0.3 is 22.0 Å². The highest BCUT2D eigenvalue weighted by Gasteiger charge is 2.79. The Morgan fingerprint density at radius 3 is 1.10 bits per heavy atom. The van der Waals surface area contributed by atoms with Crippen LogP contribution in [0.25, 0.3) is 0 Å². The van der Waals surface area contributed by atoms with Crippen LogP contribution in [0.15, 0.2) is 0 Å². The van der Waals surface area contributed by atoms with Gasteiger partial charge in [-0.3, -0.25) is 0 Å². The van der Waals surface area contributed by atoms with Gasteiger partial charge in [-0.25, -0.2) is 0 Å². The van der Waals surface area contributed by atoms with Gasteiger partial charge in [-0.15, -0.1) is 3.71 Å². The predicted octanol–water partition coefficient (Wildman–Crippen LogP) is 1.79. The second kappa shape index (κ2) is 9.18. The number of halogens is 14. The van der Waals surface area contributed by atoms with E-state index in [1.807, 2.05) is 0 Å². The molecule has 0 aliphatic heterocycles. The van der Waals surface area contributed by atoms with Crippen LogP contribution in [0.2, 0.25) is 0 Å². The zero-order valence-corrected chi connectivity index (χ0v) is 15.3. The largest absolute Gasteiger partial charge is 0.673 e. The SMILES string of the molecule is COCC[NH+](S(=O)(=O)C(F)(F)C(F)(F)F)S(=O)(=O)C(F)(F)C(F)(F)F.F[B-](F)(F)F. The van der Waals surface area contributed by atoms with Gasteiger partial charge in [0.25, 0.3) is 0 Å². The first kappa shape index (κ1) is 31.1. The molecule has 184 valence electrons. The molecule has 0 spiro atoms. The summed E-state index contributed by atoms with van der Waals surface area (Å²) in [7, 11) is -20.4. The van der Waals surface area contributed by atoms with Crippen molar-refractivity contribution in [3.63, 3.8) is 0 Å². The molecule has 0 atom stereocenters. The van der Waals surface area contributed by atoms with E-state index in [9.17, 15) is 78.0 Å². The van der Waals surface area contributed by atoms with Gasteiger partial charge in [0.05, 0.1) is 6.61 Å². The summed E-state index contributed by atoms with van der Waals surface area (Å²) < 4.78 is 210. The zero-order valence-electron chi connectivity index (χ0n) is 13.6. The second-order valence-corrected chi connectivity index (χ2v) is 8.93. The summed E-state index contributed by atoms with van der Waals surface area (Å²) in [4.78, 5) is 0. The third-order valence-electron chi connectivity index (χ3n) is 2.44. The van der Waals surface area contributed by atoms with E-state index in [1.54, 1.807) is 0 Å². The van der Waals surface area contributed by atoms with Crippen LogP contribution in [0.5, 0.6) is 0 Å². The molecule has 6 nitrogen and oxygen atoms in total. The molecule has 23 heteroatoms. The van der Waals surface area contributed by atoms with Gasteiger partial charge in [0.1, 0.15) is 6.54 Å². The molecule has 0 bridgehead atoms. The average molecular weight is 527 g/mol. The van der Waals surface area contributed by atoms with Crippen molar-refractivity contribution in [2.24, 2.45) is 0 Å². The Labute approximate surface area is 158 Å². The van der Waals surface area contributed by atoms with E-state index in [-0.39, 0.29) is 0 Å². The van der Waals surface area contributed by atoms with Gasteiger partial charge in [0.2, 0.25) is 0 Å². The lowest BCUT2D eigenvalue weighted by Gasteiger charge is -2.27. The first-order valence-electron chi connectivity index (χ1n) is 6.30. The molecule has 0 aromatic heterocycles. The lowest BCUT2D eigenvalue weighted by atomic mass is 10.3. The molecule has 0 rings (SSSR count). The molecule has 1 N–H and O–H groups in total. The Morgan fingerprint density at radius 2 is 0.933 bits per heavy atom. The Balaban J connectivity index is 0. The molecule has 0 amide bonds. The summed E-state index contributed by atoms with van der Waals surface area (Å²) in [6.07, 6.45) is -14.0. The molecule has 0 aromatic rings. The fraction of sp³-hybridized carbons (Fsp3) is 1.00. The molecular formula is C7H8BF14NO5S2. The van der Waals surface area contributed by atoms with E-state index in [2.05, 4.69) is 4.74 Å². The van der Waals surface area contributed by atoms with E-state index >= 15 is 0 Å². The van der Waals surface area contributed by atoms with Gasteiger partial charge in [-0.1, -0.05) is 0 Å². The third kappa shape index (κ3) is 6.97. The number of alkyl halides is 10. The summed E-state index contributed by atoms with van der Waals surface area (Å²) in [6.45, 7) is -3.48. The molecule has 0 radical (unpaired) electrons. The van der Waals surface area contributed by atoms with E-state index < -0.39 is 67.0 Å². The van der Waals surface area contributed by atoms with Crippen molar-refractivity contribution in [1.82, 2.24) is 0 Å². The van der Waals surface area contributed by atoms with Crippen LogP contribution < -0.4 is 3.71 Å². The molecule has 0 saturated heterocycles. The van der Waals surface area contributed by atoms with Crippen molar-refractivity contribution in [1.29, 1.82) is 0 Å². The van der Waals surface area contributed by atoms with Crippen molar-refractivity contribution in [3.8, 4) is 0 Å². The minimum atomic E-state index is -7.52. The Bertz CT molecular complexity index is 708. The second-order valence-electron chi connectivity index (χ2n) is 4.65. The van der Waals surface area contributed by atoms with Gasteiger partial charge in [0, 0.05) is 7.11 Å². The summed E-state index contributed by atoms with van der Waals surface area (Å²) in [6, 6.07) is 0. The molecule has 0 heterocycles. The van der Waals surface area contributed by atoms with Crippen LogP contribution in [0.4, 0.5) is 61.2 Å². The van der Waals surface area contributed by atoms with Gasteiger partial charge in [0.15, 0.2) is 0 Å². The average Bonchev–Trinajstić information content (AvgIpc) is 2.42. The predicted molar refractivity (Wildman–Crippen MR) is 67.7 cm³/mol. The van der Waals surface area contributed by atoms with E-state index in [0.717, 1.165) is 0 Å². The summed E-state index contributed by atoms with van der Waals surface area (Å²) >= 11 is 0. The third-order valence-corrected chi connectivity index (χ3v) is 7.18. The summed E-state index contributed by atoms with van der Waals surface area (Å²) in [5, 5.41) is -13.9. The summed E-state index contributed by atoms with van der Waals surface area (Å²) in [5.74, 6) is 0. The highest BCUT2D eigenvalue weighted by molar-refractivity contribution is 7.98. The Morgan fingerprint density at radius 1 is 0.700 bits per heavy atom. The molecule has 30 heavy (non-hydrogen) atoms. The lowest BCUT2D eigenvalue weighted by Crippen LogP contribution is -3.19. The van der Waals surface area contributed by atoms with E-state index in [0.29, 0.717) is 7.11 Å². The minimum Gasteiger partial charge on any atom is -0.418 e. The Hall–Kier alpha value is -1.10. The number of sulfonamides is 2. The van der Waals surface area contributed by atoms with Crippen LogP contribution in [0, 0.1) is 0 Å². The van der Waals surface area contributed by atoms with Crippen molar-refractivity contribution in [2.75, 3.05) is 20.3 Å². The van der Waals surface area contributed by atoms with Crippen LogP contribution in [-0.4, -0.2) is 67.2 Å². The molecule has 0 saturated carbocycles. The molecule has 0 aromatic carbocycles. The van der Waals surface area contributed by atoms with Crippen molar-refractivity contribution >= 4 is 27.3 Å². The van der Waals surface area contributed by atoms with Gasteiger partial charge in [-0.2, -0.15) is 60.7 Å². The topological polar surface area (TPSA) is 81.9 Å². The van der Waals surface area contributed by atoms with Crippen molar-refractivity contribution < 1.29 is 86.4 Å². The Kier molecular flexibility index (Phi) is 9.52. The first-order chi connectivity index (χ1) is 12.7. The zero-order chi connectivity index (χ0) is 25.2. The number of nitrogens with one attached hydrogen (secondary N) is 1. The van der Waals surface area contributed by atoms with Gasteiger partial charge >= 0.3 is 50.2 Å². The molecule has 0 unspecified atom stereocenters. The van der Waals surface area contributed by atoms with Crippen molar-refractivity contribution in [2.45, 2.75) is 22.9 Å². The number of hydrogen-bond acceptors (Lipinski definition) is 5. The minimum absolute atomic E-state index is 0.612. The number of quaternary nitrogens is 1. The normalized spacial score (nSPS) is 15.1. The maximum atomic E-state index is 13.0. The maximum Gasteiger partial charge on any atom is 0.673 e. The monoisotopic (exact) mass is 527 g/mol. The smallest absolute Gasteiger partial charge is 0.418 e. The molecular weight excluding hydrogens is 519 g/mol. The fourth-order valence-corrected chi connectivity index (χ4v) is 4.86. The number of rotatable bonds is 7. The van der Waals surface area contributed by atoms with E-state index in [1.165, 1.54) is 0 Å². The van der Waals surface area contributed by atoms with Crippen LogP contribution in [-0.2, 0) is 24.8 Å². The summed E-state index contributed by atoms with van der Waals surface area (Å²) in [5.41, 5.74) is 0. The number of ether oxygens (including phenoxy) is 1. The standard InChI is InChI=1S/C7H7F10NO5S2.BF4/c1-23-3-2-18(24(19,20)6(14,15)4(8,9)10)25(21,22)7(16,17)5(11,12)13;2-1(3,4)5/h2-3H2,1H3;/q;-1/p+1. The van der Waals surface area contributed by atoms with Crippen LogP contribution in [0.3, 0.4) is 0 Å². The van der Waals surface area contributed by atoms with Crippen LogP contribution in [0.1, 0.15) is 0 Å². The quantitative estimate of drug-likeness (QED) is 0.404. The first-order valence-corrected chi connectivity index (χ1v) is 9.26. The maximum absolute atomic E-state index is 13.0. The molecule has 0 aliphatic carbocycles. The number of methoxy groups -OCH3 is 1.